The van der Waals surface area contributed by atoms with E-state index in [-0.39, 0.29) is 11.2 Å². The predicted octanol–water partition coefficient (Wildman–Crippen LogP) is 0.838. The van der Waals surface area contributed by atoms with Crippen LogP contribution in [0.3, 0.4) is 0 Å². The molecule has 4 rings (SSSR count). The third-order valence-electron chi connectivity index (χ3n) is 5.73. The molecule has 0 aromatic carbocycles. The summed E-state index contributed by atoms with van der Waals surface area (Å²) in [7, 11) is 1.84. The van der Waals surface area contributed by atoms with E-state index in [0.29, 0.717) is 24.3 Å². The Morgan fingerprint density at radius 3 is 2.47 bits per heavy atom. The van der Waals surface area contributed by atoms with Gasteiger partial charge in [-0.25, -0.2) is 9.78 Å². The van der Waals surface area contributed by atoms with E-state index in [2.05, 4.69) is 26.9 Å². The quantitative estimate of drug-likeness (QED) is 0.609. The van der Waals surface area contributed by atoms with E-state index in [1.165, 1.54) is 0 Å². The third-order valence-corrected chi connectivity index (χ3v) is 5.73. The maximum atomic E-state index is 12.4. The van der Waals surface area contributed by atoms with Crippen LogP contribution in [0.4, 0.5) is 0 Å². The summed E-state index contributed by atoms with van der Waals surface area (Å²) in [4.78, 5) is 36.5. The molecule has 162 valence electrons. The number of nitrogens with zero attached hydrogens (tertiary/aromatic N) is 6. The molecule has 4 heterocycles. The zero-order valence-corrected chi connectivity index (χ0v) is 17.8. The Morgan fingerprint density at radius 2 is 1.83 bits per heavy atom. The van der Waals surface area contributed by atoms with E-state index >= 15 is 0 Å². The number of H-pyrrole nitrogens is 1. The predicted molar refractivity (Wildman–Crippen MR) is 112 cm³/mol. The summed E-state index contributed by atoms with van der Waals surface area (Å²) in [6, 6.07) is 1.97. The fourth-order valence-electron chi connectivity index (χ4n) is 3.98. The number of hydrogen-bond donors (Lipinski definition) is 1. The fraction of sp³-hybridized carbons (Fsp3) is 0.600. The number of unbranched alkanes of at least 4 members (excludes halogenated alkanes) is 1. The SMILES string of the molecule is CCCCn1c(=O)[nH]c(=O)c2c1nc(CN1CCN(Cc3cc(C)on3)CC1)n2C. The van der Waals surface area contributed by atoms with Crippen LogP contribution in [-0.2, 0) is 26.7 Å². The van der Waals surface area contributed by atoms with Crippen LogP contribution in [0.2, 0.25) is 0 Å². The van der Waals surface area contributed by atoms with Gasteiger partial charge in [0.2, 0.25) is 0 Å². The van der Waals surface area contributed by atoms with Gasteiger partial charge in [-0.2, -0.15) is 0 Å². The largest absolute Gasteiger partial charge is 0.361 e. The Kier molecular flexibility index (Phi) is 5.87. The van der Waals surface area contributed by atoms with E-state index in [0.717, 1.165) is 62.8 Å². The Morgan fingerprint density at radius 1 is 1.13 bits per heavy atom. The summed E-state index contributed by atoms with van der Waals surface area (Å²) in [5.41, 5.74) is 1.13. The van der Waals surface area contributed by atoms with Gasteiger partial charge >= 0.3 is 5.69 Å². The van der Waals surface area contributed by atoms with E-state index in [1.807, 2.05) is 24.6 Å². The van der Waals surface area contributed by atoms with Gasteiger partial charge in [0.05, 0.1) is 12.2 Å². The smallest absolute Gasteiger partial charge is 0.330 e. The lowest BCUT2D eigenvalue weighted by Crippen LogP contribution is -2.45. The lowest BCUT2D eigenvalue weighted by molar-refractivity contribution is 0.117. The molecule has 10 nitrogen and oxygen atoms in total. The first-order valence-electron chi connectivity index (χ1n) is 10.5. The van der Waals surface area contributed by atoms with Crippen LogP contribution in [-0.4, -0.2) is 60.2 Å². The molecule has 0 unspecified atom stereocenters. The van der Waals surface area contributed by atoms with Crippen LogP contribution in [0.15, 0.2) is 20.2 Å². The van der Waals surface area contributed by atoms with Crippen molar-refractivity contribution in [2.45, 2.75) is 46.3 Å². The zero-order chi connectivity index (χ0) is 21.3. The molecular formula is C20H29N7O3. The number of hydrogen-bond acceptors (Lipinski definition) is 7. The van der Waals surface area contributed by atoms with Crippen molar-refractivity contribution in [3.63, 3.8) is 0 Å². The van der Waals surface area contributed by atoms with Crippen molar-refractivity contribution in [3.8, 4) is 0 Å². The first-order chi connectivity index (χ1) is 14.5. The van der Waals surface area contributed by atoms with Gasteiger partial charge in [-0.05, 0) is 13.3 Å². The highest BCUT2D eigenvalue weighted by molar-refractivity contribution is 5.70. The maximum Gasteiger partial charge on any atom is 0.330 e. The zero-order valence-electron chi connectivity index (χ0n) is 17.8. The number of aryl methyl sites for hydroxylation is 3. The lowest BCUT2D eigenvalue weighted by atomic mass is 10.2. The number of imidazole rings is 1. The summed E-state index contributed by atoms with van der Waals surface area (Å²) in [6.07, 6.45) is 1.82. The second-order valence-corrected chi connectivity index (χ2v) is 8.00. The second kappa shape index (κ2) is 8.57. The van der Waals surface area contributed by atoms with Gasteiger partial charge in [-0.1, -0.05) is 18.5 Å². The van der Waals surface area contributed by atoms with Crippen molar-refractivity contribution in [2.24, 2.45) is 7.05 Å². The minimum absolute atomic E-state index is 0.378. The number of aromatic nitrogens is 5. The monoisotopic (exact) mass is 415 g/mol. The summed E-state index contributed by atoms with van der Waals surface area (Å²) in [5, 5.41) is 4.07. The van der Waals surface area contributed by atoms with Crippen LogP contribution < -0.4 is 11.2 Å². The van der Waals surface area contributed by atoms with Crippen molar-refractivity contribution >= 4 is 11.2 Å². The molecule has 0 saturated carbocycles. The first kappa shape index (κ1) is 20.5. The van der Waals surface area contributed by atoms with E-state index < -0.39 is 0 Å². The van der Waals surface area contributed by atoms with Gasteiger partial charge in [-0.3, -0.25) is 24.1 Å². The van der Waals surface area contributed by atoms with Gasteiger partial charge in [-0.15, -0.1) is 0 Å². The maximum absolute atomic E-state index is 12.4. The minimum atomic E-state index is -0.387. The molecule has 0 radical (unpaired) electrons. The molecular weight excluding hydrogens is 386 g/mol. The molecule has 3 aromatic heterocycles. The summed E-state index contributed by atoms with van der Waals surface area (Å²) < 4.78 is 8.55. The molecule has 1 N–H and O–H groups in total. The molecule has 0 spiro atoms. The second-order valence-electron chi connectivity index (χ2n) is 8.00. The average Bonchev–Trinajstić information content (AvgIpc) is 3.26. The molecule has 0 aliphatic carbocycles. The van der Waals surface area contributed by atoms with Crippen LogP contribution in [0.5, 0.6) is 0 Å². The van der Waals surface area contributed by atoms with E-state index in [4.69, 9.17) is 9.51 Å². The summed E-state index contributed by atoms with van der Waals surface area (Å²) in [5.74, 6) is 1.63. The van der Waals surface area contributed by atoms with Gasteiger partial charge in [0.1, 0.15) is 11.6 Å². The molecule has 0 atom stereocenters. The van der Waals surface area contributed by atoms with Gasteiger partial charge in [0.25, 0.3) is 5.56 Å². The van der Waals surface area contributed by atoms with E-state index in [9.17, 15) is 9.59 Å². The number of rotatable bonds is 7. The Bertz CT molecular complexity index is 1130. The van der Waals surface area contributed by atoms with Crippen LogP contribution in [0.25, 0.3) is 11.2 Å². The van der Waals surface area contributed by atoms with Gasteiger partial charge in [0, 0.05) is 52.4 Å². The standard InChI is InChI=1S/C20H29N7O3/c1-4-5-6-27-18-17(19(28)22-20(27)29)24(3)16(21-18)13-26-9-7-25(8-10-26)12-15-11-14(2)30-23-15/h11H,4-10,12-13H2,1-3H3,(H,22,28,29). The molecule has 0 amide bonds. The third kappa shape index (κ3) is 4.10. The Hall–Kier alpha value is -2.72. The molecule has 1 aliphatic rings. The topological polar surface area (TPSA) is 105 Å². The minimum Gasteiger partial charge on any atom is -0.361 e. The number of piperazine rings is 1. The molecule has 3 aromatic rings. The molecule has 10 heteroatoms. The van der Waals surface area contributed by atoms with Crippen molar-refractivity contribution in [1.29, 1.82) is 0 Å². The van der Waals surface area contributed by atoms with Crippen LogP contribution >= 0.6 is 0 Å². The van der Waals surface area contributed by atoms with Crippen molar-refractivity contribution in [3.05, 3.63) is 44.2 Å². The van der Waals surface area contributed by atoms with E-state index in [1.54, 1.807) is 4.57 Å². The van der Waals surface area contributed by atoms with Crippen LogP contribution in [0, 0.1) is 6.92 Å². The summed E-state index contributed by atoms with van der Waals surface area (Å²) in [6.45, 7) is 9.62. The fourth-order valence-corrected chi connectivity index (χ4v) is 3.98. The Labute approximate surface area is 174 Å². The molecule has 1 fully saturated rings. The van der Waals surface area contributed by atoms with Crippen molar-refractivity contribution in [2.75, 3.05) is 26.2 Å². The Balaban J connectivity index is 1.48. The first-order valence-corrected chi connectivity index (χ1v) is 10.5. The highest BCUT2D eigenvalue weighted by atomic mass is 16.5. The molecule has 30 heavy (non-hydrogen) atoms. The normalized spacial score (nSPS) is 16.0. The summed E-state index contributed by atoms with van der Waals surface area (Å²) >= 11 is 0. The average molecular weight is 415 g/mol. The van der Waals surface area contributed by atoms with Gasteiger partial charge < -0.3 is 9.09 Å². The van der Waals surface area contributed by atoms with Crippen LogP contribution in [0.1, 0.15) is 37.0 Å². The highest BCUT2D eigenvalue weighted by Crippen LogP contribution is 2.15. The molecule has 0 bridgehead atoms. The molecule has 1 saturated heterocycles. The number of nitrogens with one attached hydrogen (secondary N) is 1. The van der Waals surface area contributed by atoms with Crippen molar-refractivity contribution < 1.29 is 4.52 Å². The number of fused-ring (bicyclic) bond motifs is 1. The molecule has 1 aliphatic heterocycles. The highest BCUT2D eigenvalue weighted by Gasteiger charge is 2.22. The number of aromatic amines is 1. The lowest BCUT2D eigenvalue weighted by Gasteiger charge is -2.33. The van der Waals surface area contributed by atoms with Gasteiger partial charge in [0.15, 0.2) is 11.2 Å². The van der Waals surface area contributed by atoms with Crippen molar-refractivity contribution in [1.82, 2.24) is 34.1 Å².